The van der Waals surface area contributed by atoms with Crippen LogP contribution in [0.4, 0.5) is 28.0 Å². The molecule has 4 amide bonds. The molecule has 0 saturated carbocycles. The molecule has 6 nitrogen and oxygen atoms in total. The van der Waals surface area contributed by atoms with E-state index in [-0.39, 0.29) is 28.4 Å². The number of carbonyl (C=O) groups excluding carboxylic acids is 3. The molecule has 2 aromatic carbocycles. The lowest BCUT2D eigenvalue weighted by molar-refractivity contribution is -0.140. The van der Waals surface area contributed by atoms with Crippen LogP contribution in [0.1, 0.15) is 22.3 Å². The van der Waals surface area contributed by atoms with Gasteiger partial charge in [-0.1, -0.05) is 17.7 Å². The molecule has 2 heterocycles. The summed E-state index contributed by atoms with van der Waals surface area (Å²) in [5.41, 5.74) is -2.75. The second kappa shape index (κ2) is 6.43. The molecule has 4 rings (SSSR count). The minimum absolute atomic E-state index is 0.0147. The minimum atomic E-state index is -4.92. The molecule has 1 unspecified atom stereocenters. The number of nitrogens with one attached hydrogen (secondary N) is 2. The number of benzene rings is 2. The normalized spacial score (nSPS) is 20.6. The highest BCUT2D eigenvalue weighted by Gasteiger charge is 2.61. The van der Waals surface area contributed by atoms with Gasteiger partial charge in [-0.25, -0.2) is 9.18 Å². The molecule has 0 aliphatic carbocycles. The second-order valence-corrected chi connectivity index (χ2v) is 7.42. The Bertz CT molecular complexity index is 1130. The molecule has 1 spiro atoms. The molecule has 0 bridgehead atoms. The maximum absolute atomic E-state index is 13.6. The van der Waals surface area contributed by atoms with Crippen LogP contribution < -0.4 is 15.5 Å². The van der Waals surface area contributed by atoms with Crippen LogP contribution >= 0.6 is 11.6 Å². The van der Waals surface area contributed by atoms with Gasteiger partial charge in [0.2, 0.25) is 5.54 Å². The summed E-state index contributed by atoms with van der Waals surface area (Å²) in [5, 5.41) is 4.52. The molecule has 1 saturated heterocycles. The van der Waals surface area contributed by atoms with Crippen molar-refractivity contribution in [3.63, 3.8) is 0 Å². The number of hydrogen-bond donors (Lipinski definition) is 2. The molecule has 1 atom stereocenters. The fourth-order valence-corrected chi connectivity index (χ4v) is 4.09. The summed E-state index contributed by atoms with van der Waals surface area (Å²) >= 11 is 6.08. The first kappa shape index (κ1) is 20.1. The molecule has 2 aliphatic heterocycles. The molecule has 2 aromatic rings. The van der Waals surface area contributed by atoms with Crippen molar-refractivity contribution in [2.75, 3.05) is 4.90 Å². The van der Waals surface area contributed by atoms with E-state index < -0.39 is 40.9 Å². The van der Waals surface area contributed by atoms with Gasteiger partial charge in [-0.3, -0.25) is 14.9 Å². The Morgan fingerprint density at radius 1 is 1.13 bits per heavy atom. The summed E-state index contributed by atoms with van der Waals surface area (Å²) in [5.74, 6) is -3.22. The molecular weight excluding hydrogens is 430 g/mol. The Labute approximate surface area is 171 Å². The maximum Gasteiger partial charge on any atom is 0.419 e. The smallest absolute Gasteiger partial charge is 0.312 e. The van der Waals surface area contributed by atoms with Crippen LogP contribution in [0.5, 0.6) is 0 Å². The topological polar surface area (TPSA) is 78.5 Å². The van der Waals surface area contributed by atoms with Crippen LogP contribution in [0.25, 0.3) is 0 Å². The summed E-state index contributed by atoms with van der Waals surface area (Å²) in [7, 11) is 0. The first-order chi connectivity index (χ1) is 13.9. The van der Waals surface area contributed by atoms with E-state index in [1.165, 1.54) is 12.1 Å². The van der Waals surface area contributed by atoms with Crippen molar-refractivity contribution < 1.29 is 31.9 Å². The lowest BCUT2D eigenvalue weighted by atomic mass is 9.90. The third-order valence-electron chi connectivity index (χ3n) is 5.05. The molecule has 0 radical (unpaired) electrons. The summed E-state index contributed by atoms with van der Waals surface area (Å²) in [6, 6.07) is 4.35. The number of amides is 4. The molecule has 156 valence electrons. The van der Waals surface area contributed by atoms with E-state index >= 15 is 0 Å². The highest BCUT2D eigenvalue weighted by Crippen LogP contribution is 2.46. The minimum Gasteiger partial charge on any atom is -0.312 e. The van der Waals surface area contributed by atoms with Gasteiger partial charge in [0.25, 0.3) is 11.8 Å². The van der Waals surface area contributed by atoms with Gasteiger partial charge in [0.05, 0.1) is 17.8 Å². The zero-order valence-electron chi connectivity index (χ0n) is 15.2. The number of fused-ring (bicyclic) bond motifs is 2. The summed E-state index contributed by atoms with van der Waals surface area (Å²) < 4.78 is 52.8. The monoisotopic (exact) mass is 441 g/mol. The number of rotatable bonds is 2. The summed E-state index contributed by atoms with van der Waals surface area (Å²) in [4.78, 5) is 38.7. The van der Waals surface area contributed by atoms with E-state index in [4.69, 9.17) is 11.6 Å². The largest absolute Gasteiger partial charge is 0.419 e. The quantitative estimate of drug-likeness (QED) is 0.426. The number of aryl methyl sites for hydroxylation is 1. The Kier molecular flexibility index (Phi) is 4.32. The van der Waals surface area contributed by atoms with Gasteiger partial charge in [0, 0.05) is 10.6 Å². The third-order valence-corrected chi connectivity index (χ3v) is 5.27. The van der Waals surface area contributed by atoms with Crippen molar-refractivity contribution in [1.82, 2.24) is 10.6 Å². The lowest BCUT2D eigenvalue weighted by Crippen LogP contribution is -2.52. The number of hydrogen-bond acceptors (Lipinski definition) is 3. The fourth-order valence-electron chi connectivity index (χ4n) is 3.82. The first-order valence-corrected chi connectivity index (χ1v) is 8.94. The van der Waals surface area contributed by atoms with Crippen molar-refractivity contribution in [3.05, 3.63) is 63.4 Å². The Morgan fingerprint density at radius 2 is 1.83 bits per heavy atom. The maximum atomic E-state index is 13.6. The highest BCUT2D eigenvalue weighted by molar-refractivity contribution is 6.32. The fraction of sp³-hybridized carbons (Fsp3) is 0.211. The summed E-state index contributed by atoms with van der Waals surface area (Å²) in [6.45, 7) is 1.22. The van der Waals surface area contributed by atoms with Gasteiger partial charge in [0.1, 0.15) is 5.82 Å². The molecule has 11 heteroatoms. The molecule has 2 N–H and O–H groups in total. The van der Waals surface area contributed by atoms with E-state index in [1.54, 1.807) is 6.92 Å². The van der Waals surface area contributed by atoms with Gasteiger partial charge in [-0.15, -0.1) is 0 Å². The highest BCUT2D eigenvalue weighted by atomic mass is 35.5. The zero-order chi connectivity index (χ0) is 22.0. The molecule has 0 aromatic heterocycles. The van der Waals surface area contributed by atoms with Gasteiger partial charge >= 0.3 is 12.2 Å². The zero-order valence-corrected chi connectivity index (χ0v) is 15.9. The molecular formula is C19H12ClF4N3O3. The van der Waals surface area contributed by atoms with Crippen molar-refractivity contribution >= 4 is 35.1 Å². The predicted octanol–water partition coefficient (Wildman–Crippen LogP) is 3.39. The number of carbonyl (C=O) groups is 3. The number of anilines is 1. The van der Waals surface area contributed by atoms with Crippen molar-refractivity contribution in [2.24, 2.45) is 0 Å². The van der Waals surface area contributed by atoms with Crippen LogP contribution in [-0.2, 0) is 27.8 Å². The number of urea groups is 1. The first-order valence-electron chi connectivity index (χ1n) is 8.57. The number of halogens is 5. The van der Waals surface area contributed by atoms with Crippen LogP contribution in [0, 0.1) is 12.7 Å². The van der Waals surface area contributed by atoms with E-state index in [1.807, 2.05) is 5.32 Å². The van der Waals surface area contributed by atoms with Crippen LogP contribution in [-0.4, -0.2) is 17.8 Å². The second-order valence-electron chi connectivity index (χ2n) is 6.98. The van der Waals surface area contributed by atoms with E-state index in [0.717, 1.165) is 11.0 Å². The van der Waals surface area contributed by atoms with E-state index in [9.17, 15) is 31.9 Å². The predicted molar refractivity (Wildman–Crippen MR) is 97.1 cm³/mol. The Balaban J connectivity index is 1.84. The van der Waals surface area contributed by atoms with Crippen LogP contribution in [0.2, 0.25) is 5.02 Å². The third kappa shape index (κ3) is 2.82. The van der Waals surface area contributed by atoms with Crippen molar-refractivity contribution in [3.8, 4) is 0 Å². The molecule has 1 fully saturated rings. The Hall–Kier alpha value is -3.14. The van der Waals surface area contributed by atoms with Crippen LogP contribution in [0.3, 0.4) is 0 Å². The van der Waals surface area contributed by atoms with E-state index in [0.29, 0.717) is 17.7 Å². The number of alkyl halides is 3. The van der Waals surface area contributed by atoms with Crippen molar-refractivity contribution in [2.45, 2.75) is 25.2 Å². The van der Waals surface area contributed by atoms with Gasteiger partial charge in [-0.05, 0) is 42.3 Å². The van der Waals surface area contributed by atoms with Crippen LogP contribution in [0.15, 0.2) is 30.3 Å². The van der Waals surface area contributed by atoms with E-state index in [2.05, 4.69) is 5.32 Å². The molecule has 2 aliphatic rings. The number of imide groups is 1. The SMILES string of the molecule is Cc1cc(Cl)cc2c1N(Cc1ccc(F)c(C(F)(F)F)c1)C(=O)C21NC(=O)NC1=O. The average Bonchev–Trinajstić information content (AvgIpc) is 3.05. The molecule has 30 heavy (non-hydrogen) atoms. The average molecular weight is 442 g/mol. The standard InChI is InChI=1S/C19H12ClF4N3O3/c1-8-4-10(20)6-12-14(8)27(16(29)18(12)15(28)25-17(30)26-18)7-9-2-3-13(21)11(5-9)19(22,23)24/h2-6H,7H2,1H3,(H2,25,26,28,30). The van der Waals surface area contributed by atoms with Crippen molar-refractivity contribution in [1.29, 1.82) is 0 Å². The summed E-state index contributed by atoms with van der Waals surface area (Å²) in [6.07, 6.45) is -4.92. The van der Waals surface area contributed by atoms with Gasteiger partial charge < -0.3 is 10.2 Å². The van der Waals surface area contributed by atoms with Gasteiger partial charge in [0.15, 0.2) is 0 Å². The lowest BCUT2D eigenvalue weighted by Gasteiger charge is -2.22. The Morgan fingerprint density at radius 3 is 2.43 bits per heavy atom. The number of nitrogens with zero attached hydrogens (tertiary/aromatic N) is 1. The van der Waals surface area contributed by atoms with Gasteiger partial charge in [-0.2, -0.15) is 13.2 Å².